The molecule has 3 rings (SSSR count). The van der Waals surface area contributed by atoms with E-state index < -0.39 is 0 Å². The van der Waals surface area contributed by atoms with E-state index in [-0.39, 0.29) is 0 Å². The maximum atomic E-state index is 8.77. The first-order valence-corrected chi connectivity index (χ1v) is 7.87. The lowest BCUT2D eigenvalue weighted by Crippen LogP contribution is -2.34. The Labute approximate surface area is 131 Å². The van der Waals surface area contributed by atoms with Crippen LogP contribution >= 0.6 is 0 Å². The zero-order chi connectivity index (χ0) is 15.8. The van der Waals surface area contributed by atoms with Gasteiger partial charge in [-0.2, -0.15) is 5.10 Å². The van der Waals surface area contributed by atoms with E-state index in [0.29, 0.717) is 0 Å². The number of oxime groups is 1. The van der Waals surface area contributed by atoms with E-state index in [1.165, 1.54) is 5.56 Å². The smallest absolute Gasteiger partial charge is 0.150 e. The van der Waals surface area contributed by atoms with Crippen LogP contribution in [0.1, 0.15) is 32.3 Å². The van der Waals surface area contributed by atoms with Gasteiger partial charge in [-0.1, -0.05) is 49.3 Å². The molecule has 1 saturated heterocycles. The molecule has 0 atom stereocenters. The monoisotopic (exact) mass is 300 g/mol. The SMILES string of the molecule is CC.ON=C1CCN(c2ccn(Cc3ccccc3)n2)CC1. The van der Waals surface area contributed by atoms with Gasteiger partial charge in [0.05, 0.1) is 12.3 Å². The molecule has 2 heterocycles. The van der Waals surface area contributed by atoms with Gasteiger partial charge < -0.3 is 10.1 Å². The lowest BCUT2D eigenvalue weighted by Gasteiger charge is -2.26. The van der Waals surface area contributed by atoms with E-state index in [9.17, 15) is 0 Å². The van der Waals surface area contributed by atoms with Gasteiger partial charge in [0.25, 0.3) is 0 Å². The summed E-state index contributed by atoms with van der Waals surface area (Å²) in [5.41, 5.74) is 2.13. The van der Waals surface area contributed by atoms with Crippen molar-refractivity contribution in [3.05, 3.63) is 48.2 Å². The van der Waals surface area contributed by atoms with Gasteiger partial charge in [0.2, 0.25) is 0 Å². The third-order valence-corrected chi connectivity index (χ3v) is 3.62. The fourth-order valence-electron chi connectivity index (χ4n) is 2.47. The van der Waals surface area contributed by atoms with Gasteiger partial charge in [0, 0.05) is 38.2 Å². The van der Waals surface area contributed by atoms with Crippen LogP contribution in [-0.2, 0) is 6.54 Å². The predicted octanol–water partition coefficient (Wildman–Crippen LogP) is 3.39. The number of rotatable bonds is 3. The molecular formula is C17H24N4O. The van der Waals surface area contributed by atoms with E-state index in [4.69, 9.17) is 5.21 Å². The Morgan fingerprint density at radius 1 is 1.09 bits per heavy atom. The highest BCUT2D eigenvalue weighted by Crippen LogP contribution is 2.16. The maximum absolute atomic E-state index is 8.77. The van der Waals surface area contributed by atoms with Gasteiger partial charge in [-0.05, 0) is 5.56 Å². The first-order valence-electron chi connectivity index (χ1n) is 7.87. The molecule has 1 fully saturated rings. The second-order valence-corrected chi connectivity index (χ2v) is 5.01. The van der Waals surface area contributed by atoms with Gasteiger partial charge in [0.15, 0.2) is 5.82 Å². The number of hydrogen-bond acceptors (Lipinski definition) is 4. The third-order valence-electron chi connectivity index (χ3n) is 3.62. The Kier molecular flexibility index (Phi) is 6.01. The van der Waals surface area contributed by atoms with Crippen molar-refractivity contribution in [1.82, 2.24) is 9.78 Å². The molecule has 1 aliphatic heterocycles. The Morgan fingerprint density at radius 3 is 2.41 bits per heavy atom. The lowest BCUT2D eigenvalue weighted by atomic mass is 10.1. The highest BCUT2D eigenvalue weighted by molar-refractivity contribution is 5.85. The van der Waals surface area contributed by atoms with Gasteiger partial charge >= 0.3 is 0 Å². The highest BCUT2D eigenvalue weighted by atomic mass is 16.4. The number of anilines is 1. The van der Waals surface area contributed by atoms with Gasteiger partial charge in [-0.15, -0.1) is 0 Å². The van der Waals surface area contributed by atoms with E-state index >= 15 is 0 Å². The summed E-state index contributed by atoms with van der Waals surface area (Å²) in [7, 11) is 0. The van der Waals surface area contributed by atoms with Crippen LogP contribution in [0, 0.1) is 0 Å². The molecule has 22 heavy (non-hydrogen) atoms. The number of hydrogen-bond donors (Lipinski definition) is 1. The van der Waals surface area contributed by atoms with E-state index in [0.717, 1.165) is 44.0 Å². The van der Waals surface area contributed by atoms with Crippen molar-refractivity contribution in [2.75, 3.05) is 18.0 Å². The van der Waals surface area contributed by atoms with Crippen LogP contribution in [0.4, 0.5) is 5.82 Å². The molecule has 1 aliphatic rings. The summed E-state index contributed by atoms with van der Waals surface area (Å²) in [5.74, 6) is 0.998. The zero-order valence-electron chi connectivity index (χ0n) is 13.3. The molecule has 1 aromatic carbocycles. The Bertz CT molecular complexity index is 582. The molecule has 5 nitrogen and oxygen atoms in total. The minimum atomic E-state index is 0.790. The number of piperidine rings is 1. The van der Waals surface area contributed by atoms with Crippen molar-refractivity contribution in [2.24, 2.45) is 5.16 Å². The normalized spacial score (nSPS) is 14.3. The fraction of sp³-hybridized carbons (Fsp3) is 0.412. The number of nitrogens with zero attached hydrogens (tertiary/aromatic N) is 4. The Hall–Kier alpha value is -2.30. The number of aromatic nitrogens is 2. The lowest BCUT2D eigenvalue weighted by molar-refractivity contribution is 0.315. The fourth-order valence-corrected chi connectivity index (χ4v) is 2.47. The Balaban J connectivity index is 0.000000847. The van der Waals surface area contributed by atoms with Gasteiger partial charge in [0.1, 0.15) is 0 Å². The van der Waals surface area contributed by atoms with Crippen LogP contribution < -0.4 is 4.90 Å². The summed E-state index contributed by atoms with van der Waals surface area (Å²) in [4.78, 5) is 2.23. The zero-order valence-corrected chi connectivity index (χ0v) is 13.3. The van der Waals surface area contributed by atoms with Crippen molar-refractivity contribution in [1.29, 1.82) is 0 Å². The van der Waals surface area contributed by atoms with Crippen LogP contribution in [-0.4, -0.2) is 33.8 Å². The molecule has 5 heteroatoms. The van der Waals surface area contributed by atoms with Crippen LogP contribution in [0.3, 0.4) is 0 Å². The molecule has 118 valence electrons. The summed E-state index contributed by atoms with van der Waals surface area (Å²) in [6.45, 7) is 6.52. The molecule has 1 N–H and O–H groups in total. The summed E-state index contributed by atoms with van der Waals surface area (Å²) in [6.07, 6.45) is 3.63. The van der Waals surface area contributed by atoms with Crippen molar-refractivity contribution < 1.29 is 5.21 Å². The van der Waals surface area contributed by atoms with Crippen LogP contribution in [0.25, 0.3) is 0 Å². The van der Waals surface area contributed by atoms with Crippen LogP contribution in [0.15, 0.2) is 47.8 Å². The summed E-state index contributed by atoms with van der Waals surface area (Å²) in [6, 6.07) is 12.4. The van der Waals surface area contributed by atoms with E-state index in [1.54, 1.807) is 0 Å². The number of benzene rings is 1. The third kappa shape index (κ3) is 4.10. The molecule has 0 unspecified atom stereocenters. The first kappa shape index (κ1) is 16.1. The molecule has 0 spiro atoms. The average Bonchev–Trinajstić information content (AvgIpc) is 3.06. The minimum Gasteiger partial charge on any atom is -0.411 e. The largest absolute Gasteiger partial charge is 0.411 e. The molecule has 2 aromatic rings. The maximum Gasteiger partial charge on any atom is 0.150 e. The second-order valence-electron chi connectivity index (χ2n) is 5.01. The summed E-state index contributed by atoms with van der Waals surface area (Å²) >= 11 is 0. The van der Waals surface area contributed by atoms with Crippen molar-refractivity contribution in [2.45, 2.75) is 33.2 Å². The van der Waals surface area contributed by atoms with E-state index in [1.807, 2.05) is 49.0 Å². The van der Waals surface area contributed by atoms with Gasteiger partial charge in [-0.25, -0.2) is 0 Å². The van der Waals surface area contributed by atoms with E-state index in [2.05, 4.69) is 27.3 Å². The molecule has 0 aliphatic carbocycles. The molecule has 1 aromatic heterocycles. The quantitative estimate of drug-likeness (QED) is 0.698. The van der Waals surface area contributed by atoms with Gasteiger partial charge in [-0.3, -0.25) is 4.68 Å². The van der Waals surface area contributed by atoms with Crippen molar-refractivity contribution >= 4 is 11.5 Å². The topological polar surface area (TPSA) is 53.7 Å². The highest BCUT2D eigenvalue weighted by Gasteiger charge is 2.17. The van der Waals surface area contributed by atoms with Crippen LogP contribution in [0.2, 0.25) is 0 Å². The summed E-state index contributed by atoms with van der Waals surface area (Å²) < 4.78 is 1.96. The average molecular weight is 300 g/mol. The molecule has 0 bridgehead atoms. The first-order chi connectivity index (χ1) is 10.8. The molecular weight excluding hydrogens is 276 g/mol. The minimum absolute atomic E-state index is 0.790. The van der Waals surface area contributed by atoms with Crippen LogP contribution in [0.5, 0.6) is 0 Å². The molecule has 0 saturated carbocycles. The van der Waals surface area contributed by atoms with Crippen molar-refractivity contribution in [3.63, 3.8) is 0 Å². The van der Waals surface area contributed by atoms with Crippen molar-refractivity contribution in [3.8, 4) is 0 Å². The summed E-state index contributed by atoms with van der Waals surface area (Å²) in [5, 5.41) is 16.7. The standard InChI is InChI=1S/C15H18N4O.C2H6/c20-17-14-6-9-18(10-7-14)15-8-11-19(16-15)12-13-4-2-1-3-5-13;1-2/h1-5,8,11,20H,6-7,9-10,12H2;1-2H3. The second kappa shape index (κ2) is 8.22. The predicted molar refractivity (Wildman–Crippen MR) is 89.8 cm³/mol. The molecule has 0 amide bonds. The molecule has 0 radical (unpaired) electrons. The Morgan fingerprint density at radius 2 is 1.77 bits per heavy atom.